The molecule has 1 heterocycles. The normalized spacial score (nSPS) is 9.83. The summed E-state index contributed by atoms with van der Waals surface area (Å²) >= 11 is 4.92. The van der Waals surface area contributed by atoms with Crippen LogP contribution in [0.15, 0.2) is 15.2 Å². The predicted molar refractivity (Wildman–Crippen MR) is 52.4 cm³/mol. The number of esters is 1. The van der Waals surface area contributed by atoms with E-state index < -0.39 is 0 Å². The van der Waals surface area contributed by atoms with Gasteiger partial charge in [0.1, 0.15) is 0 Å². The average Bonchev–Trinajstić information content (AvgIpc) is 2.37. The second-order valence-corrected chi connectivity index (χ2v) is 3.82. The fourth-order valence-corrected chi connectivity index (χ4v) is 2.24. The number of halogens is 1. The number of hydrogen-bond donors (Lipinski definition) is 0. The molecule has 0 aliphatic rings. The van der Waals surface area contributed by atoms with Crippen LogP contribution in [0.25, 0.3) is 0 Å². The van der Waals surface area contributed by atoms with Gasteiger partial charge in [-0.3, -0.25) is 4.79 Å². The first-order valence-corrected chi connectivity index (χ1v) is 5.33. The first-order chi connectivity index (χ1) is 5.74. The highest BCUT2D eigenvalue weighted by molar-refractivity contribution is 9.10. The third-order valence-corrected chi connectivity index (χ3v) is 3.16. The highest BCUT2D eigenvalue weighted by atomic mass is 79.9. The smallest absolute Gasteiger partial charge is 0.310 e. The molecule has 1 aromatic heterocycles. The number of hydrogen-bond acceptors (Lipinski definition) is 3. The Morgan fingerprint density at radius 3 is 2.92 bits per heavy atom. The standard InChI is InChI=1S/C8H9BrO2S/c1-2-11-8(10)3-6-4-12-5-7(6)9/h4-5H,2-3H2,1H3. The molecule has 4 heteroatoms. The van der Waals surface area contributed by atoms with Gasteiger partial charge in [0.05, 0.1) is 13.0 Å². The molecule has 0 N–H and O–H groups in total. The minimum absolute atomic E-state index is 0.170. The molecular formula is C8H9BrO2S. The predicted octanol–water partition coefficient (Wildman–Crippen LogP) is 2.62. The Kier molecular flexibility index (Phi) is 3.75. The van der Waals surface area contributed by atoms with Gasteiger partial charge in [0.15, 0.2) is 0 Å². The molecular weight excluding hydrogens is 240 g/mol. The molecule has 0 fully saturated rings. The fraction of sp³-hybridized carbons (Fsp3) is 0.375. The van der Waals surface area contributed by atoms with Crippen LogP contribution in [0.4, 0.5) is 0 Å². The third-order valence-electron chi connectivity index (χ3n) is 1.33. The van der Waals surface area contributed by atoms with Gasteiger partial charge in [-0.05, 0) is 33.8 Å². The zero-order valence-electron chi connectivity index (χ0n) is 6.67. The van der Waals surface area contributed by atoms with Gasteiger partial charge < -0.3 is 4.74 Å². The van der Waals surface area contributed by atoms with E-state index in [1.54, 1.807) is 18.3 Å². The zero-order chi connectivity index (χ0) is 8.97. The lowest BCUT2D eigenvalue weighted by atomic mass is 10.2. The monoisotopic (exact) mass is 248 g/mol. The Morgan fingerprint density at radius 2 is 2.42 bits per heavy atom. The summed E-state index contributed by atoms with van der Waals surface area (Å²) in [7, 11) is 0. The Bertz CT molecular complexity index is 270. The lowest BCUT2D eigenvalue weighted by molar-refractivity contribution is -0.142. The molecule has 1 rings (SSSR count). The summed E-state index contributed by atoms with van der Waals surface area (Å²) in [6.45, 7) is 2.25. The quantitative estimate of drug-likeness (QED) is 0.769. The topological polar surface area (TPSA) is 26.3 Å². The van der Waals surface area contributed by atoms with Crippen LogP contribution in [0.5, 0.6) is 0 Å². The average molecular weight is 249 g/mol. The first-order valence-electron chi connectivity index (χ1n) is 3.60. The largest absolute Gasteiger partial charge is 0.466 e. The number of carbonyl (C=O) groups excluding carboxylic acids is 1. The van der Waals surface area contributed by atoms with Crippen LogP contribution >= 0.6 is 27.3 Å². The summed E-state index contributed by atoms with van der Waals surface area (Å²) in [6.07, 6.45) is 0.359. The zero-order valence-corrected chi connectivity index (χ0v) is 9.07. The van der Waals surface area contributed by atoms with Crippen LogP contribution < -0.4 is 0 Å². The third kappa shape index (κ3) is 2.60. The van der Waals surface area contributed by atoms with Crippen molar-refractivity contribution in [1.29, 1.82) is 0 Å². The Morgan fingerprint density at radius 1 is 1.67 bits per heavy atom. The molecule has 0 aromatic carbocycles. The van der Waals surface area contributed by atoms with E-state index in [2.05, 4.69) is 15.9 Å². The number of thiophene rings is 1. The number of rotatable bonds is 3. The van der Waals surface area contributed by atoms with Crippen LogP contribution in [0.2, 0.25) is 0 Å². The van der Waals surface area contributed by atoms with Gasteiger partial charge in [-0.1, -0.05) is 0 Å². The summed E-state index contributed by atoms with van der Waals surface area (Å²) in [5.74, 6) is -0.170. The summed E-state index contributed by atoms with van der Waals surface area (Å²) in [5, 5.41) is 3.90. The second kappa shape index (κ2) is 4.62. The second-order valence-electron chi connectivity index (χ2n) is 2.23. The van der Waals surface area contributed by atoms with E-state index in [-0.39, 0.29) is 5.97 Å². The van der Waals surface area contributed by atoms with Gasteiger partial charge in [-0.25, -0.2) is 0 Å². The lowest BCUT2D eigenvalue weighted by Gasteiger charge is -1.99. The van der Waals surface area contributed by atoms with Gasteiger partial charge in [-0.2, -0.15) is 11.3 Å². The van der Waals surface area contributed by atoms with E-state index >= 15 is 0 Å². The molecule has 12 heavy (non-hydrogen) atoms. The minimum atomic E-state index is -0.170. The van der Waals surface area contributed by atoms with Crippen molar-refractivity contribution < 1.29 is 9.53 Å². The summed E-state index contributed by atoms with van der Waals surface area (Å²) in [4.78, 5) is 11.0. The Balaban J connectivity index is 2.52. The van der Waals surface area contributed by atoms with Crippen molar-refractivity contribution in [3.8, 4) is 0 Å². The highest BCUT2D eigenvalue weighted by Gasteiger charge is 2.07. The van der Waals surface area contributed by atoms with Crippen molar-refractivity contribution in [2.45, 2.75) is 13.3 Å². The van der Waals surface area contributed by atoms with E-state index in [0.29, 0.717) is 13.0 Å². The first kappa shape index (κ1) is 9.74. The summed E-state index contributed by atoms with van der Waals surface area (Å²) in [5.41, 5.74) is 0.999. The van der Waals surface area contributed by atoms with Crippen molar-refractivity contribution in [2.24, 2.45) is 0 Å². The molecule has 2 nitrogen and oxygen atoms in total. The van der Waals surface area contributed by atoms with E-state index in [4.69, 9.17) is 4.74 Å². The molecule has 0 atom stereocenters. The SMILES string of the molecule is CCOC(=O)Cc1cscc1Br. The maximum absolute atomic E-state index is 11.0. The van der Waals surface area contributed by atoms with Crippen molar-refractivity contribution in [3.63, 3.8) is 0 Å². The van der Waals surface area contributed by atoms with Gasteiger partial charge in [0, 0.05) is 9.85 Å². The fourth-order valence-electron chi connectivity index (χ4n) is 0.801. The summed E-state index contributed by atoms with van der Waals surface area (Å²) in [6, 6.07) is 0. The molecule has 0 bridgehead atoms. The Labute approximate surface area is 83.7 Å². The van der Waals surface area contributed by atoms with Gasteiger partial charge >= 0.3 is 5.97 Å². The van der Waals surface area contributed by atoms with Crippen molar-refractivity contribution in [3.05, 3.63) is 20.8 Å². The lowest BCUT2D eigenvalue weighted by Crippen LogP contribution is -2.06. The van der Waals surface area contributed by atoms with E-state index in [1.807, 2.05) is 10.8 Å². The van der Waals surface area contributed by atoms with Crippen LogP contribution in [-0.2, 0) is 16.0 Å². The summed E-state index contributed by atoms with van der Waals surface area (Å²) < 4.78 is 5.80. The van der Waals surface area contributed by atoms with E-state index in [0.717, 1.165) is 10.0 Å². The van der Waals surface area contributed by atoms with Crippen LogP contribution in [0.3, 0.4) is 0 Å². The molecule has 0 saturated heterocycles. The molecule has 0 amide bonds. The van der Waals surface area contributed by atoms with Crippen molar-refractivity contribution >= 4 is 33.2 Å². The van der Waals surface area contributed by atoms with E-state index in [9.17, 15) is 4.79 Å². The highest BCUT2D eigenvalue weighted by Crippen LogP contribution is 2.21. The minimum Gasteiger partial charge on any atom is -0.466 e. The van der Waals surface area contributed by atoms with Gasteiger partial charge in [-0.15, -0.1) is 0 Å². The van der Waals surface area contributed by atoms with Crippen LogP contribution in [0, 0.1) is 0 Å². The molecule has 0 unspecified atom stereocenters. The molecule has 0 radical (unpaired) electrons. The van der Waals surface area contributed by atoms with Gasteiger partial charge in [0.2, 0.25) is 0 Å². The van der Waals surface area contributed by atoms with Gasteiger partial charge in [0.25, 0.3) is 0 Å². The van der Waals surface area contributed by atoms with Crippen LogP contribution in [-0.4, -0.2) is 12.6 Å². The molecule has 1 aromatic rings. The molecule has 66 valence electrons. The maximum Gasteiger partial charge on any atom is 0.310 e. The van der Waals surface area contributed by atoms with Crippen molar-refractivity contribution in [1.82, 2.24) is 0 Å². The maximum atomic E-state index is 11.0. The molecule has 0 aliphatic heterocycles. The van der Waals surface area contributed by atoms with E-state index in [1.165, 1.54) is 0 Å². The van der Waals surface area contributed by atoms with Crippen molar-refractivity contribution in [2.75, 3.05) is 6.61 Å². The molecule has 0 saturated carbocycles. The Hall–Kier alpha value is -0.350. The number of ether oxygens (including phenoxy) is 1. The van der Waals surface area contributed by atoms with Crippen LogP contribution in [0.1, 0.15) is 12.5 Å². The molecule has 0 aliphatic carbocycles. The number of carbonyl (C=O) groups is 1. The molecule has 0 spiro atoms.